The van der Waals surface area contributed by atoms with E-state index >= 15 is 0 Å². The van der Waals surface area contributed by atoms with E-state index < -0.39 is 5.76 Å². The van der Waals surface area contributed by atoms with Crippen LogP contribution < -0.4 is 11.1 Å². The van der Waals surface area contributed by atoms with Crippen LogP contribution in [0.5, 0.6) is 0 Å². The van der Waals surface area contributed by atoms with Gasteiger partial charge in [-0.3, -0.25) is 4.98 Å². The molecule has 1 aromatic carbocycles. The zero-order chi connectivity index (χ0) is 11.5. The van der Waals surface area contributed by atoms with Crippen molar-refractivity contribution in [2.45, 2.75) is 26.3 Å². The van der Waals surface area contributed by atoms with E-state index in [4.69, 9.17) is 4.42 Å². The zero-order valence-corrected chi connectivity index (χ0v) is 9.54. The molecule has 0 spiro atoms. The average Bonchev–Trinajstić information content (AvgIpc) is 2.57. The summed E-state index contributed by atoms with van der Waals surface area (Å²) >= 11 is 0. The van der Waals surface area contributed by atoms with Crippen LogP contribution >= 0.6 is 0 Å². The molecule has 2 N–H and O–H groups in total. The maximum absolute atomic E-state index is 11.0. The molecule has 4 nitrogen and oxygen atoms in total. The van der Waals surface area contributed by atoms with Crippen LogP contribution in [0.15, 0.2) is 27.4 Å². The first-order valence-electron chi connectivity index (χ1n) is 5.54. The molecule has 0 radical (unpaired) electrons. The second-order valence-corrected chi connectivity index (χ2v) is 4.01. The highest BCUT2D eigenvalue weighted by molar-refractivity contribution is 5.72. The predicted octanol–water partition coefficient (Wildman–Crippen LogP) is 1.66. The average molecular weight is 220 g/mol. The SMILES string of the molecule is CCNC(C)Cc1ccc2[nH]c(=O)oc2c1. The summed E-state index contributed by atoms with van der Waals surface area (Å²) in [5.41, 5.74) is 2.56. The van der Waals surface area contributed by atoms with Crippen molar-refractivity contribution < 1.29 is 4.42 Å². The Balaban J connectivity index is 2.22. The number of hydrogen-bond acceptors (Lipinski definition) is 3. The molecule has 2 aromatic rings. The smallest absolute Gasteiger partial charge is 0.408 e. The standard InChI is InChI=1S/C12H16N2O2/c1-3-13-8(2)6-9-4-5-10-11(7-9)16-12(15)14-10/h4-5,7-8,13H,3,6H2,1-2H3,(H,14,15). The van der Waals surface area contributed by atoms with Crippen molar-refractivity contribution in [2.75, 3.05) is 6.54 Å². The summed E-state index contributed by atoms with van der Waals surface area (Å²) in [5.74, 6) is -0.396. The van der Waals surface area contributed by atoms with Crippen molar-refractivity contribution in [3.05, 3.63) is 34.3 Å². The molecule has 0 aliphatic heterocycles. The topological polar surface area (TPSA) is 58.0 Å². The van der Waals surface area contributed by atoms with Crippen molar-refractivity contribution in [2.24, 2.45) is 0 Å². The number of nitrogens with one attached hydrogen (secondary N) is 2. The third-order valence-corrected chi connectivity index (χ3v) is 2.58. The van der Waals surface area contributed by atoms with Crippen LogP contribution in [0.25, 0.3) is 11.1 Å². The molecule has 0 aliphatic carbocycles. The number of fused-ring (bicyclic) bond motifs is 1. The Morgan fingerprint density at radius 3 is 3.06 bits per heavy atom. The summed E-state index contributed by atoms with van der Waals surface area (Å²) in [7, 11) is 0. The lowest BCUT2D eigenvalue weighted by atomic mass is 10.1. The van der Waals surface area contributed by atoms with Gasteiger partial charge in [0, 0.05) is 6.04 Å². The van der Waals surface area contributed by atoms with Gasteiger partial charge in [-0.2, -0.15) is 0 Å². The highest BCUT2D eigenvalue weighted by Gasteiger charge is 2.05. The first kappa shape index (κ1) is 11.0. The molecule has 0 amide bonds. The minimum atomic E-state index is -0.396. The number of oxazole rings is 1. The summed E-state index contributed by atoms with van der Waals surface area (Å²) in [4.78, 5) is 13.6. The van der Waals surface area contributed by atoms with Gasteiger partial charge in [0.25, 0.3) is 0 Å². The van der Waals surface area contributed by atoms with Crippen molar-refractivity contribution >= 4 is 11.1 Å². The van der Waals surface area contributed by atoms with E-state index in [0.717, 1.165) is 18.5 Å². The maximum Gasteiger partial charge on any atom is 0.417 e. The highest BCUT2D eigenvalue weighted by Crippen LogP contribution is 2.13. The molecule has 16 heavy (non-hydrogen) atoms. The van der Waals surface area contributed by atoms with Crippen molar-refractivity contribution in [3.63, 3.8) is 0 Å². The van der Waals surface area contributed by atoms with Gasteiger partial charge in [-0.25, -0.2) is 4.79 Å². The minimum absolute atomic E-state index is 0.396. The number of aromatic amines is 1. The van der Waals surface area contributed by atoms with Gasteiger partial charge in [0.15, 0.2) is 5.58 Å². The lowest BCUT2D eigenvalue weighted by molar-refractivity contribution is 0.551. The molecule has 86 valence electrons. The van der Waals surface area contributed by atoms with E-state index in [9.17, 15) is 4.79 Å². The first-order valence-corrected chi connectivity index (χ1v) is 5.54. The predicted molar refractivity (Wildman–Crippen MR) is 63.7 cm³/mol. The molecule has 1 atom stereocenters. The molecule has 1 heterocycles. The summed E-state index contributed by atoms with van der Waals surface area (Å²) in [6.45, 7) is 5.19. The maximum atomic E-state index is 11.0. The highest BCUT2D eigenvalue weighted by atomic mass is 16.4. The van der Waals surface area contributed by atoms with Crippen LogP contribution in [0, 0.1) is 0 Å². The van der Waals surface area contributed by atoms with Gasteiger partial charge < -0.3 is 9.73 Å². The summed E-state index contributed by atoms with van der Waals surface area (Å²) < 4.78 is 5.02. The fourth-order valence-electron chi connectivity index (χ4n) is 1.89. The van der Waals surface area contributed by atoms with Crippen molar-refractivity contribution in [1.29, 1.82) is 0 Å². The Kier molecular flexibility index (Phi) is 3.10. The van der Waals surface area contributed by atoms with Crippen LogP contribution in [-0.4, -0.2) is 17.6 Å². The second-order valence-electron chi connectivity index (χ2n) is 4.01. The van der Waals surface area contributed by atoms with Gasteiger partial charge in [0.1, 0.15) is 0 Å². The van der Waals surface area contributed by atoms with E-state index in [-0.39, 0.29) is 0 Å². The van der Waals surface area contributed by atoms with Crippen LogP contribution in [0.3, 0.4) is 0 Å². The molecule has 1 unspecified atom stereocenters. The molecule has 0 fully saturated rings. The van der Waals surface area contributed by atoms with Crippen LogP contribution in [0.1, 0.15) is 19.4 Å². The number of hydrogen-bond donors (Lipinski definition) is 2. The molecular weight excluding hydrogens is 204 g/mol. The fourth-order valence-corrected chi connectivity index (χ4v) is 1.89. The molecule has 1 aromatic heterocycles. The molecule has 0 aliphatic rings. The van der Waals surface area contributed by atoms with Gasteiger partial charge in [-0.15, -0.1) is 0 Å². The Labute approximate surface area is 93.7 Å². The zero-order valence-electron chi connectivity index (χ0n) is 9.54. The molecule has 4 heteroatoms. The fraction of sp³-hybridized carbons (Fsp3) is 0.417. The first-order chi connectivity index (χ1) is 7.69. The quantitative estimate of drug-likeness (QED) is 0.823. The van der Waals surface area contributed by atoms with Crippen LogP contribution in [0.4, 0.5) is 0 Å². The monoisotopic (exact) mass is 220 g/mol. The van der Waals surface area contributed by atoms with Crippen molar-refractivity contribution in [3.8, 4) is 0 Å². The van der Waals surface area contributed by atoms with Gasteiger partial charge in [-0.05, 0) is 37.6 Å². The third-order valence-electron chi connectivity index (χ3n) is 2.58. The Bertz CT molecular complexity index is 527. The van der Waals surface area contributed by atoms with E-state index in [1.165, 1.54) is 5.56 Å². The molecule has 0 saturated carbocycles. The van der Waals surface area contributed by atoms with Gasteiger partial charge in [0.2, 0.25) is 0 Å². The van der Waals surface area contributed by atoms with Crippen LogP contribution in [-0.2, 0) is 6.42 Å². The molecule has 0 saturated heterocycles. The Hall–Kier alpha value is -1.55. The molecular formula is C12H16N2O2. The van der Waals surface area contributed by atoms with E-state index in [0.29, 0.717) is 11.6 Å². The van der Waals surface area contributed by atoms with Crippen LogP contribution in [0.2, 0.25) is 0 Å². The minimum Gasteiger partial charge on any atom is -0.408 e. The van der Waals surface area contributed by atoms with Gasteiger partial charge in [0.05, 0.1) is 5.52 Å². The number of benzene rings is 1. The second kappa shape index (κ2) is 4.53. The molecule has 2 rings (SSSR count). The normalized spacial score (nSPS) is 13.1. The molecule has 0 bridgehead atoms. The Morgan fingerprint density at radius 1 is 1.50 bits per heavy atom. The number of H-pyrrole nitrogens is 1. The van der Waals surface area contributed by atoms with Gasteiger partial charge in [-0.1, -0.05) is 13.0 Å². The third kappa shape index (κ3) is 2.33. The van der Waals surface area contributed by atoms with E-state index in [1.54, 1.807) is 0 Å². The lowest BCUT2D eigenvalue weighted by Gasteiger charge is -2.11. The largest absolute Gasteiger partial charge is 0.417 e. The van der Waals surface area contributed by atoms with E-state index in [2.05, 4.69) is 24.1 Å². The Morgan fingerprint density at radius 2 is 2.31 bits per heavy atom. The summed E-state index contributed by atoms with van der Waals surface area (Å²) in [5, 5.41) is 3.35. The summed E-state index contributed by atoms with van der Waals surface area (Å²) in [6, 6.07) is 6.24. The van der Waals surface area contributed by atoms with E-state index in [1.807, 2.05) is 18.2 Å². The summed E-state index contributed by atoms with van der Waals surface area (Å²) in [6.07, 6.45) is 0.929. The van der Waals surface area contributed by atoms with Crippen molar-refractivity contribution in [1.82, 2.24) is 10.3 Å². The lowest BCUT2D eigenvalue weighted by Crippen LogP contribution is -2.27. The number of rotatable bonds is 4. The number of aromatic nitrogens is 1. The number of likely N-dealkylation sites (N-methyl/N-ethyl adjacent to an activating group) is 1. The van der Waals surface area contributed by atoms with Gasteiger partial charge >= 0.3 is 5.76 Å².